The van der Waals surface area contributed by atoms with Gasteiger partial charge in [-0.15, -0.1) is 0 Å². The highest BCUT2D eigenvalue weighted by Gasteiger charge is 2.17. The number of anilines is 1. The van der Waals surface area contributed by atoms with Crippen LogP contribution in [0, 0.1) is 17.4 Å². The molecule has 0 unspecified atom stereocenters. The van der Waals surface area contributed by atoms with E-state index in [2.05, 4.69) is 37.7 Å². The van der Waals surface area contributed by atoms with Gasteiger partial charge in [0.25, 0.3) is 0 Å². The van der Waals surface area contributed by atoms with E-state index in [1.165, 1.54) is 0 Å². The second kappa shape index (κ2) is 17.2. The molecular formula is C16H31BIN4O. The minimum absolute atomic E-state index is 0. The van der Waals surface area contributed by atoms with Crippen LogP contribution in [0.3, 0.4) is 0 Å². The molecule has 3 radical (unpaired) electrons. The maximum Gasteiger partial charge on any atom is 0.202 e. The second-order valence-corrected chi connectivity index (χ2v) is 4.24. The average Bonchev–Trinajstić information content (AvgIpc) is 2.88. The van der Waals surface area contributed by atoms with Gasteiger partial charge in [0, 0.05) is 8.41 Å². The number of nitrogens with two attached hydrogens (primary N) is 1. The number of nitrogens with zero attached hydrogens (tertiary/aromatic N) is 3. The third kappa shape index (κ3) is 8.93. The van der Waals surface area contributed by atoms with Crippen LogP contribution in [0.25, 0.3) is 11.5 Å². The van der Waals surface area contributed by atoms with Crippen molar-refractivity contribution in [2.45, 2.75) is 62.8 Å². The summed E-state index contributed by atoms with van der Waals surface area (Å²) in [7, 11) is 0. The van der Waals surface area contributed by atoms with Crippen molar-refractivity contribution >= 4 is 36.8 Å². The summed E-state index contributed by atoms with van der Waals surface area (Å²) in [6.45, 7) is 15.7. The van der Waals surface area contributed by atoms with E-state index in [1.807, 2.05) is 55.4 Å². The van der Waals surface area contributed by atoms with E-state index in [0.29, 0.717) is 17.3 Å². The molecule has 0 atom stereocenters. The van der Waals surface area contributed by atoms with Crippen molar-refractivity contribution in [2.75, 3.05) is 5.73 Å². The molecule has 131 valence electrons. The van der Waals surface area contributed by atoms with Gasteiger partial charge in [-0.05, 0) is 36.4 Å². The lowest BCUT2D eigenvalue weighted by Crippen LogP contribution is -1.98. The van der Waals surface area contributed by atoms with Crippen molar-refractivity contribution in [2.24, 2.45) is 0 Å². The molecule has 2 heterocycles. The zero-order valence-corrected chi connectivity index (χ0v) is 17.0. The fourth-order valence-corrected chi connectivity index (χ4v) is 1.61. The topological polar surface area (TPSA) is 77.8 Å². The lowest BCUT2D eigenvalue weighted by molar-refractivity contribution is 0.425. The molecular weight excluding hydrogens is 402 g/mol. The van der Waals surface area contributed by atoms with Crippen molar-refractivity contribution in [3.63, 3.8) is 0 Å². The Hall–Kier alpha value is -1.12. The molecule has 0 amide bonds. The van der Waals surface area contributed by atoms with Crippen LogP contribution in [0.1, 0.15) is 60.4 Å². The van der Waals surface area contributed by atoms with Crippen LogP contribution in [-0.2, 0) is 0 Å². The van der Waals surface area contributed by atoms with Crippen molar-refractivity contribution in [1.29, 1.82) is 0 Å². The molecule has 2 rings (SSSR count). The zero-order valence-electron chi connectivity index (χ0n) is 14.9. The molecule has 5 nitrogen and oxygen atoms in total. The Balaban J connectivity index is -0.000000204. The van der Waals surface area contributed by atoms with Gasteiger partial charge in [0.1, 0.15) is 0 Å². The first-order valence-electron chi connectivity index (χ1n) is 7.31. The highest BCUT2D eigenvalue weighted by molar-refractivity contribution is 14.1. The molecule has 0 aliphatic carbocycles. The van der Waals surface area contributed by atoms with Gasteiger partial charge in [-0.2, -0.15) is 0 Å². The van der Waals surface area contributed by atoms with Crippen molar-refractivity contribution < 1.29 is 4.52 Å². The molecule has 2 N–H and O–H groups in total. The summed E-state index contributed by atoms with van der Waals surface area (Å²) in [6, 6.07) is 0. The Kier molecular flexibility index (Phi) is 22.4. The van der Waals surface area contributed by atoms with Crippen LogP contribution < -0.4 is 5.73 Å². The molecule has 0 aliphatic rings. The highest BCUT2D eigenvalue weighted by atomic mass is 127. The maximum absolute atomic E-state index is 5.73. The third-order valence-electron chi connectivity index (χ3n) is 1.93. The largest absolute Gasteiger partial charge is 0.382 e. The van der Waals surface area contributed by atoms with Crippen molar-refractivity contribution in [1.82, 2.24) is 15.1 Å². The summed E-state index contributed by atoms with van der Waals surface area (Å²) in [5, 5.41) is 3.86. The van der Waals surface area contributed by atoms with Crippen LogP contribution in [0.5, 0.6) is 0 Å². The number of hydrogen-bond donors (Lipinski definition) is 1. The Bertz CT molecular complexity index is 519. The quantitative estimate of drug-likeness (QED) is 0.490. The minimum atomic E-state index is 0. The van der Waals surface area contributed by atoms with Crippen LogP contribution in [0.2, 0.25) is 0 Å². The summed E-state index contributed by atoms with van der Waals surface area (Å²) < 4.78 is 6.09. The molecule has 0 bridgehead atoms. The summed E-state index contributed by atoms with van der Waals surface area (Å²) >= 11 is 2.15. The maximum atomic E-state index is 5.73. The normalized spacial score (nSPS) is 7.70. The lowest BCUT2D eigenvalue weighted by Gasteiger charge is -2.01. The van der Waals surface area contributed by atoms with E-state index < -0.39 is 0 Å². The molecule has 7 heteroatoms. The van der Waals surface area contributed by atoms with Crippen LogP contribution >= 0.6 is 22.6 Å². The SMILES string of the molecule is C.CC.CC.CC.Cc1cnc(N)c(-c2onc(C)c2I)n1.[B]. The highest BCUT2D eigenvalue weighted by Crippen LogP contribution is 2.28. The monoisotopic (exact) mass is 433 g/mol. The predicted molar refractivity (Wildman–Crippen MR) is 111 cm³/mol. The van der Waals surface area contributed by atoms with Gasteiger partial charge in [0.05, 0.1) is 21.2 Å². The zero-order chi connectivity index (χ0) is 17.0. The first-order chi connectivity index (χ1) is 10.1. The van der Waals surface area contributed by atoms with E-state index >= 15 is 0 Å². The smallest absolute Gasteiger partial charge is 0.202 e. The standard InChI is InChI=1S/C9H9IN4O.3C2H6.CH4.B/c1-4-3-12-9(11)7(13-4)8-6(10)5(2)14-15-8;3*1-2;;/h3H,1-2H3,(H2,11,12);3*1-2H3;1H4;. The number of aromatic nitrogens is 3. The fourth-order valence-electron chi connectivity index (χ4n) is 1.16. The van der Waals surface area contributed by atoms with E-state index in [9.17, 15) is 0 Å². The lowest BCUT2D eigenvalue weighted by atomic mass is 10.3. The van der Waals surface area contributed by atoms with Gasteiger partial charge in [-0.3, -0.25) is 0 Å². The molecule has 0 saturated heterocycles. The Morgan fingerprint density at radius 3 is 1.91 bits per heavy atom. The molecule has 0 spiro atoms. The Labute approximate surface area is 157 Å². The van der Waals surface area contributed by atoms with E-state index in [-0.39, 0.29) is 15.8 Å². The predicted octanol–water partition coefficient (Wildman–Crippen LogP) is 5.27. The second-order valence-electron chi connectivity index (χ2n) is 3.16. The van der Waals surface area contributed by atoms with Crippen LogP contribution in [-0.4, -0.2) is 23.5 Å². The fraction of sp³-hybridized carbons (Fsp3) is 0.562. The first-order valence-corrected chi connectivity index (χ1v) is 8.38. The van der Waals surface area contributed by atoms with E-state index in [0.717, 1.165) is 15.0 Å². The number of rotatable bonds is 1. The van der Waals surface area contributed by atoms with Gasteiger partial charge < -0.3 is 10.3 Å². The van der Waals surface area contributed by atoms with Gasteiger partial charge in [0.2, 0.25) is 5.76 Å². The molecule has 0 aromatic carbocycles. The van der Waals surface area contributed by atoms with Crippen molar-refractivity contribution in [3.05, 3.63) is 21.2 Å². The minimum Gasteiger partial charge on any atom is -0.382 e. The Morgan fingerprint density at radius 1 is 1.04 bits per heavy atom. The summed E-state index contributed by atoms with van der Waals surface area (Å²) in [5.74, 6) is 0.941. The number of hydrogen-bond acceptors (Lipinski definition) is 5. The molecule has 0 fully saturated rings. The first kappa shape index (κ1) is 29.8. The summed E-state index contributed by atoms with van der Waals surface area (Å²) in [6.07, 6.45) is 1.62. The third-order valence-corrected chi connectivity index (χ3v) is 3.20. The molecule has 2 aromatic rings. The van der Waals surface area contributed by atoms with Gasteiger partial charge in [-0.25, -0.2) is 9.97 Å². The van der Waals surface area contributed by atoms with Gasteiger partial charge >= 0.3 is 0 Å². The summed E-state index contributed by atoms with van der Waals surface area (Å²) in [4.78, 5) is 8.32. The molecule has 23 heavy (non-hydrogen) atoms. The molecule has 0 aliphatic heterocycles. The number of nitrogen functional groups attached to an aromatic ring is 1. The summed E-state index contributed by atoms with van der Waals surface area (Å²) in [5.41, 5.74) is 7.91. The number of halogens is 1. The Morgan fingerprint density at radius 2 is 1.52 bits per heavy atom. The average molecular weight is 433 g/mol. The van der Waals surface area contributed by atoms with Gasteiger partial charge in [0.15, 0.2) is 11.5 Å². The molecule has 0 saturated carbocycles. The number of aryl methyl sites for hydroxylation is 2. The van der Waals surface area contributed by atoms with Crippen LogP contribution in [0.4, 0.5) is 5.82 Å². The molecule has 2 aromatic heterocycles. The van der Waals surface area contributed by atoms with Crippen LogP contribution in [0.15, 0.2) is 10.7 Å². The van der Waals surface area contributed by atoms with Crippen molar-refractivity contribution in [3.8, 4) is 11.5 Å². The van der Waals surface area contributed by atoms with Gasteiger partial charge in [-0.1, -0.05) is 54.1 Å². The van der Waals surface area contributed by atoms with E-state index in [4.69, 9.17) is 10.3 Å². The van der Waals surface area contributed by atoms with E-state index in [1.54, 1.807) is 6.20 Å².